The fourth-order valence-electron chi connectivity index (χ4n) is 6.78. The molecule has 3 fully saturated rings. The summed E-state index contributed by atoms with van der Waals surface area (Å²) >= 11 is 0. The van der Waals surface area contributed by atoms with Gasteiger partial charge in [0.05, 0.1) is 17.6 Å². The standard InChI is InChI=1S/C27H37N3O3/c1-2-33-27(32)25-26(31)30(24-16-9-8-15-23(24)28-25)22-17-20-13-10-14-21(18-22)29(20)19-11-6-4-3-5-7-12-19/h8-9,15-16,19-22H,2-7,10-14,17-18H2,1H3. The zero-order valence-corrected chi connectivity index (χ0v) is 19.9. The molecule has 0 N–H and O–H groups in total. The van der Waals surface area contributed by atoms with Crippen LogP contribution < -0.4 is 5.56 Å². The minimum atomic E-state index is -0.617. The first-order valence-electron chi connectivity index (χ1n) is 13.1. The van der Waals surface area contributed by atoms with Gasteiger partial charge in [-0.05, 0) is 57.6 Å². The first kappa shape index (κ1) is 22.6. The number of fused-ring (bicyclic) bond motifs is 3. The van der Waals surface area contributed by atoms with Crippen molar-refractivity contribution in [1.82, 2.24) is 14.5 Å². The van der Waals surface area contributed by atoms with Crippen molar-refractivity contribution in [2.75, 3.05) is 6.61 Å². The second kappa shape index (κ2) is 9.96. The molecule has 5 rings (SSSR count). The summed E-state index contributed by atoms with van der Waals surface area (Å²) in [5, 5.41) is 0. The molecule has 1 aromatic carbocycles. The Morgan fingerprint density at radius 1 is 0.909 bits per heavy atom. The van der Waals surface area contributed by atoms with Gasteiger partial charge in [-0.25, -0.2) is 9.78 Å². The maximum atomic E-state index is 13.6. The number of benzene rings is 1. The van der Waals surface area contributed by atoms with Crippen LogP contribution in [-0.2, 0) is 4.74 Å². The lowest BCUT2D eigenvalue weighted by atomic mass is 9.79. The van der Waals surface area contributed by atoms with E-state index < -0.39 is 5.97 Å². The van der Waals surface area contributed by atoms with Crippen LogP contribution in [-0.4, -0.2) is 45.2 Å². The Balaban J connectivity index is 1.49. The zero-order valence-electron chi connectivity index (χ0n) is 19.9. The fraction of sp³-hybridized carbons (Fsp3) is 0.667. The Hall–Kier alpha value is -2.21. The van der Waals surface area contributed by atoms with E-state index in [0.717, 1.165) is 18.4 Å². The van der Waals surface area contributed by atoms with E-state index in [1.807, 2.05) is 28.8 Å². The number of esters is 1. The van der Waals surface area contributed by atoms with E-state index >= 15 is 0 Å². The van der Waals surface area contributed by atoms with Crippen molar-refractivity contribution < 1.29 is 9.53 Å². The normalized spacial score (nSPS) is 27.1. The van der Waals surface area contributed by atoms with Crippen LogP contribution in [0.3, 0.4) is 0 Å². The number of piperidine rings is 2. The number of carbonyl (C=O) groups is 1. The summed E-state index contributed by atoms with van der Waals surface area (Å²) in [5.74, 6) is -0.617. The molecular formula is C27H37N3O3. The zero-order chi connectivity index (χ0) is 22.8. The molecule has 2 bridgehead atoms. The van der Waals surface area contributed by atoms with Crippen LogP contribution >= 0.6 is 0 Å². The molecule has 1 aliphatic carbocycles. The lowest BCUT2D eigenvalue weighted by Crippen LogP contribution is -2.57. The van der Waals surface area contributed by atoms with E-state index in [1.54, 1.807) is 6.92 Å². The molecule has 2 atom stereocenters. The molecule has 0 amide bonds. The number of hydrogen-bond donors (Lipinski definition) is 0. The molecule has 1 saturated carbocycles. The minimum absolute atomic E-state index is 0.0804. The fourth-order valence-corrected chi connectivity index (χ4v) is 6.78. The van der Waals surface area contributed by atoms with Crippen molar-refractivity contribution in [1.29, 1.82) is 0 Å². The Bertz CT molecular complexity index is 1030. The number of hydrogen-bond acceptors (Lipinski definition) is 5. The lowest BCUT2D eigenvalue weighted by molar-refractivity contribution is -0.0247. The van der Waals surface area contributed by atoms with Gasteiger partial charge in [0.1, 0.15) is 0 Å². The van der Waals surface area contributed by atoms with Crippen LogP contribution in [0.4, 0.5) is 0 Å². The molecule has 0 spiro atoms. The number of ether oxygens (including phenoxy) is 1. The van der Waals surface area contributed by atoms with Crippen LogP contribution in [0.15, 0.2) is 29.1 Å². The molecular weight excluding hydrogens is 414 g/mol. The monoisotopic (exact) mass is 451 g/mol. The van der Waals surface area contributed by atoms with Gasteiger partial charge in [0.15, 0.2) is 0 Å². The molecule has 2 aromatic rings. The van der Waals surface area contributed by atoms with Gasteiger partial charge >= 0.3 is 5.97 Å². The van der Waals surface area contributed by atoms with Crippen LogP contribution in [0.1, 0.15) is 101 Å². The highest BCUT2D eigenvalue weighted by atomic mass is 16.5. The molecule has 6 heteroatoms. The maximum Gasteiger partial charge on any atom is 0.362 e. The summed E-state index contributed by atoms with van der Waals surface area (Å²) in [6.45, 7) is 1.99. The number of nitrogens with zero attached hydrogens (tertiary/aromatic N) is 3. The van der Waals surface area contributed by atoms with Crippen LogP contribution in [0.5, 0.6) is 0 Å². The topological polar surface area (TPSA) is 64.4 Å². The summed E-state index contributed by atoms with van der Waals surface area (Å²) in [6.07, 6.45) is 15.1. The minimum Gasteiger partial charge on any atom is -0.461 e. The Morgan fingerprint density at radius 3 is 2.24 bits per heavy atom. The Kier molecular flexibility index (Phi) is 6.81. The van der Waals surface area contributed by atoms with Gasteiger partial charge in [-0.3, -0.25) is 9.69 Å². The van der Waals surface area contributed by atoms with E-state index in [1.165, 1.54) is 64.2 Å². The van der Waals surface area contributed by atoms with Gasteiger partial charge in [-0.1, -0.05) is 50.7 Å². The van der Waals surface area contributed by atoms with Crippen molar-refractivity contribution in [2.45, 2.75) is 108 Å². The molecule has 3 heterocycles. The molecule has 0 radical (unpaired) electrons. The van der Waals surface area contributed by atoms with Crippen molar-refractivity contribution in [3.63, 3.8) is 0 Å². The molecule has 33 heavy (non-hydrogen) atoms. The van der Waals surface area contributed by atoms with Crippen LogP contribution in [0.25, 0.3) is 11.0 Å². The number of carbonyl (C=O) groups excluding carboxylic acids is 1. The highest BCUT2D eigenvalue weighted by Gasteiger charge is 2.42. The van der Waals surface area contributed by atoms with Crippen LogP contribution in [0.2, 0.25) is 0 Å². The molecule has 6 nitrogen and oxygen atoms in total. The van der Waals surface area contributed by atoms with E-state index in [4.69, 9.17) is 4.74 Å². The van der Waals surface area contributed by atoms with E-state index in [0.29, 0.717) is 23.6 Å². The van der Waals surface area contributed by atoms with Gasteiger partial charge < -0.3 is 9.30 Å². The number of aromatic nitrogens is 2. The van der Waals surface area contributed by atoms with Gasteiger partial charge in [0.25, 0.3) is 5.56 Å². The van der Waals surface area contributed by atoms with E-state index in [-0.39, 0.29) is 23.9 Å². The number of rotatable bonds is 4. The van der Waals surface area contributed by atoms with E-state index in [9.17, 15) is 9.59 Å². The maximum absolute atomic E-state index is 13.6. The summed E-state index contributed by atoms with van der Waals surface area (Å²) in [5.41, 5.74) is 1.14. The summed E-state index contributed by atoms with van der Waals surface area (Å²) in [7, 11) is 0. The molecule has 1 aromatic heterocycles. The van der Waals surface area contributed by atoms with Crippen molar-refractivity contribution in [2.24, 2.45) is 0 Å². The predicted molar refractivity (Wildman–Crippen MR) is 130 cm³/mol. The molecule has 2 unspecified atom stereocenters. The average molecular weight is 452 g/mol. The predicted octanol–water partition coefficient (Wildman–Crippen LogP) is 5.24. The molecule has 3 aliphatic rings. The van der Waals surface area contributed by atoms with Crippen molar-refractivity contribution in [3.8, 4) is 0 Å². The lowest BCUT2D eigenvalue weighted by Gasteiger charge is -2.53. The highest BCUT2D eigenvalue weighted by Crippen LogP contribution is 2.42. The average Bonchev–Trinajstić information content (AvgIpc) is 2.78. The van der Waals surface area contributed by atoms with Crippen molar-refractivity contribution in [3.05, 3.63) is 40.3 Å². The summed E-state index contributed by atoms with van der Waals surface area (Å²) in [6, 6.07) is 9.56. The third-order valence-corrected chi connectivity index (χ3v) is 8.13. The molecule has 2 saturated heterocycles. The first-order valence-corrected chi connectivity index (χ1v) is 13.1. The third-order valence-electron chi connectivity index (χ3n) is 8.13. The second-order valence-electron chi connectivity index (χ2n) is 10.2. The smallest absolute Gasteiger partial charge is 0.362 e. The van der Waals surface area contributed by atoms with E-state index in [2.05, 4.69) is 9.88 Å². The first-order chi connectivity index (χ1) is 16.2. The Morgan fingerprint density at radius 2 is 1.55 bits per heavy atom. The highest BCUT2D eigenvalue weighted by molar-refractivity contribution is 5.89. The SMILES string of the molecule is CCOC(=O)c1nc2ccccc2n(C2CC3CCCC(C2)N3C2CCCCCCC2)c1=O. The van der Waals surface area contributed by atoms with Gasteiger partial charge in [0.2, 0.25) is 5.69 Å². The summed E-state index contributed by atoms with van der Waals surface area (Å²) < 4.78 is 7.05. The second-order valence-corrected chi connectivity index (χ2v) is 10.2. The van der Waals surface area contributed by atoms with Gasteiger partial charge in [-0.2, -0.15) is 0 Å². The van der Waals surface area contributed by atoms with Crippen LogP contribution in [0, 0.1) is 0 Å². The molecule has 2 aliphatic heterocycles. The Labute approximate surface area is 196 Å². The largest absolute Gasteiger partial charge is 0.461 e. The van der Waals surface area contributed by atoms with Gasteiger partial charge in [0, 0.05) is 24.2 Å². The number of para-hydroxylation sites is 2. The van der Waals surface area contributed by atoms with Gasteiger partial charge in [-0.15, -0.1) is 0 Å². The third kappa shape index (κ3) is 4.46. The quantitative estimate of drug-likeness (QED) is 0.595. The van der Waals surface area contributed by atoms with Crippen molar-refractivity contribution >= 4 is 17.0 Å². The summed E-state index contributed by atoms with van der Waals surface area (Å²) in [4.78, 5) is 33.4. The molecule has 178 valence electrons.